The first-order valence-corrected chi connectivity index (χ1v) is 10.6. The van der Waals surface area contributed by atoms with E-state index in [0.717, 1.165) is 12.0 Å². The minimum Gasteiger partial charge on any atom is -0.346 e. The number of nitrogens with zero attached hydrogens (tertiary/aromatic N) is 2. The monoisotopic (exact) mass is 422 g/mol. The average Bonchev–Trinajstić information content (AvgIpc) is 3.17. The van der Waals surface area contributed by atoms with Crippen molar-refractivity contribution in [1.82, 2.24) is 15.5 Å². The van der Waals surface area contributed by atoms with Gasteiger partial charge in [-0.1, -0.05) is 81.3 Å². The fraction of sp³-hybridized carbons (Fsp3) is 0.591. The lowest BCUT2D eigenvalue weighted by Gasteiger charge is -2.04. The summed E-state index contributed by atoms with van der Waals surface area (Å²) in [6.07, 6.45) is 11.8. The number of carbonyl (C=O) groups is 1. The molecule has 0 saturated heterocycles. The Morgan fingerprint density at radius 2 is 1.69 bits per heavy atom. The molecular formula is C22H35ClN4O2. The highest BCUT2D eigenvalue weighted by Crippen LogP contribution is 2.18. The molecule has 0 saturated carbocycles. The second-order valence-electron chi connectivity index (χ2n) is 7.44. The summed E-state index contributed by atoms with van der Waals surface area (Å²) in [5, 5.41) is 6.65. The first kappa shape index (κ1) is 25.1. The summed E-state index contributed by atoms with van der Waals surface area (Å²) in [5.41, 5.74) is 7.75. The highest BCUT2D eigenvalue weighted by Gasteiger charge is 2.11. The molecule has 3 N–H and O–H groups in total. The summed E-state index contributed by atoms with van der Waals surface area (Å²) in [7, 11) is 0. The van der Waals surface area contributed by atoms with E-state index < -0.39 is 6.04 Å². The number of rotatable bonds is 13. The van der Waals surface area contributed by atoms with Gasteiger partial charge in [0.2, 0.25) is 17.6 Å². The van der Waals surface area contributed by atoms with Crippen molar-refractivity contribution < 1.29 is 9.32 Å². The van der Waals surface area contributed by atoms with E-state index in [-0.39, 0.29) is 24.9 Å². The van der Waals surface area contributed by atoms with Gasteiger partial charge in [0.15, 0.2) is 0 Å². The van der Waals surface area contributed by atoms with Gasteiger partial charge >= 0.3 is 0 Å². The number of carbonyl (C=O) groups excluding carboxylic acids is 1. The van der Waals surface area contributed by atoms with Crippen LogP contribution < -0.4 is 11.1 Å². The van der Waals surface area contributed by atoms with E-state index in [9.17, 15) is 4.79 Å². The molecule has 1 heterocycles. The van der Waals surface area contributed by atoms with E-state index in [1.54, 1.807) is 6.92 Å². The maximum Gasteiger partial charge on any atom is 0.246 e. The molecule has 0 unspecified atom stereocenters. The van der Waals surface area contributed by atoms with E-state index in [2.05, 4.69) is 34.5 Å². The lowest BCUT2D eigenvalue weighted by Crippen LogP contribution is -2.37. The van der Waals surface area contributed by atoms with Gasteiger partial charge in [0.05, 0.1) is 12.6 Å². The Labute approximate surface area is 180 Å². The first-order chi connectivity index (χ1) is 13.6. The van der Waals surface area contributed by atoms with Gasteiger partial charge in [-0.2, -0.15) is 4.98 Å². The number of hydrogen-bond acceptors (Lipinski definition) is 5. The van der Waals surface area contributed by atoms with Crippen LogP contribution in [0.4, 0.5) is 0 Å². The molecule has 0 aliphatic rings. The van der Waals surface area contributed by atoms with Crippen molar-refractivity contribution >= 4 is 18.3 Å². The van der Waals surface area contributed by atoms with Gasteiger partial charge in [-0.05, 0) is 25.3 Å². The number of hydrogen-bond donors (Lipinski definition) is 2. The third kappa shape index (κ3) is 9.41. The fourth-order valence-electron chi connectivity index (χ4n) is 3.05. The molecule has 29 heavy (non-hydrogen) atoms. The van der Waals surface area contributed by atoms with Crippen LogP contribution in [0.5, 0.6) is 0 Å². The first-order valence-electron chi connectivity index (χ1n) is 10.6. The summed E-state index contributed by atoms with van der Waals surface area (Å²) in [5.74, 6) is 0.653. The molecule has 2 rings (SSSR count). The van der Waals surface area contributed by atoms with E-state index in [1.807, 2.05) is 12.1 Å². The molecule has 0 fully saturated rings. The Morgan fingerprint density at radius 1 is 1.07 bits per heavy atom. The van der Waals surface area contributed by atoms with Crippen LogP contribution in [-0.2, 0) is 17.8 Å². The van der Waals surface area contributed by atoms with Crippen molar-refractivity contribution in [2.75, 3.05) is 0 Å². The van der Waals surface area contributed by atoms with Crippen LogP contribution in [0.25, 0.3) is 11.4 Å². The quantitative estimate of drug-likeness (QED) is 0.452. The number of benzene rings is 1. The number of aryl methyl sites for hydroxylation is 1. The van der Waals surface area contributed by atoms with E-state index in [1.165, 1.54) is 56.9 Å². The Kier molecular flexibility index (Phi) is 12.2. The van der Waals surface area contributed by atoms with Crippen LogP contribution in [0.3, 0.4) is 0 Å². The maximum absolute atomic E-state index is 11.5. The number of halogens is 1. The number of amides is 1. The van der Waals surface area contributed by atoms with Gasteiger partial charge in [-0.25, -0.2) is 0 Å². The third-order valence-corrected chi connectivity index (χ3v) is 4.83. The van der Waals surface area contributed by atoms with Gasteiger partial charge in [-0.15, -0.1) is 12.4 Å². The molecule has 0 bridgehead atoms. The third-order valence-electron chi connectivity index (χ3n) is 4.83. The summed E-state index contributed by atoms with van der Waals surface area (Å²) in [6.45, 7) is 4.07. The lowest BCUT2D eigenvalue weighted by molar-refractivity contribution is -0.122. The fourth-order valence-corrected chi connectivity index (χ4v) is 3.05. The van der Waals surface area contributed by atoms with Crippen LogP contribution in [0.15, 0.2) is 28.8 Å². The van der Waals surface area contributed by atoms with Crippen molar-refractivity contribution in [3.8, 4) is 11.4 Å². The molecule has 2 aromatic rings. The van der Waals surface area contributed by atoms with E-state index in [0.29, 0.717) is 11.7 Å². The van der Waals surface area contributed by atoms with Crippen molar-refractivity contribution in [3.05, 3.63) is 35.7 Å². The summed E-state index contributed by atoms with van der Waals surface area (Å²) < 4.78 is 5.19. The van der Waals surface area contributed by atoms with Crippen molar-refractivity contribution in [2.24, 2.45) is 5.73 Å². The van der Waals surface area contributed by atoms with Crippen molar-refractivity contribution in [2.45, 2.75) is 84.2 Å². The smallest absolute Gasteiger partial charge is 0.246 e. The van der Waals surface area contributed by atoms with E-state index >= 15 is 0 Å². The second-order valence-corrected chi connectivity index (χ2v) is 7.44. The average molecular weight is 423 g/mol. The highest BCUT2D eigenvalue weighted by atomic mass is 35.5. The molecule has 0 radical (unpaired) electrons. The second kappa shape index (κ2) is 14.1. The van der Waals surface area contributed by atoms with Gasteiger partial charge in [0.25, 0.3) is 0 Å². The molecule has 0 aliphatic heterocycles. The summed E-state index contributed by atoms with van der Waals surface area (Å²) in [6, 6.07) is 7.75. The molecule has 0 spiro atoms. The van der Waals surface area contributed by atoms with Crippen LogP contribution >= 0.6 is 12.4 Å². The Balaban J connectivity index is 0.00000420. The zero-order chi connectivity index (χ0) is 20.2. The predicted molar refractivity (Wildman–Crippen MR) is 119 cm³/mol. The lowest BCUT2D eigenvalue weighted by atomic mass is 10.0. The molecule has 162 valence electrons. The molecule has 1 aromatic carbocycles. The van der Waals surface area contributed by atoms with Gasteiger partial charge in [-0.3, -0.25) is 4.79 Å². The SMILES string of the molecule is CCCCCCCCCCc1ccc(-c2noc(CNC(=O)[C@H](C)N)n2)cc1.Cl. The standard InChI is InChI=1S/C22H34N4O2.ClH/c1-3-4-5-6-7-8-9-10-11-18-12-14-19(15-13-18)21-25-20(28-26-21)16-24-22(27)17(2)23;/h12-15,17H,3-11,16,23H2,1-2H3,(H,24,27);1H/t17-;/m0./s1. The topological polar surface area (TPSA) is 94.0 Å². The predicted octanol–water partition coefficient (Wildman–Crippen LogP) is 4.81. The molecule has 0 aliphatic carbocycles. The van der Waals surface area contributed by atoms with Crippen LogP contribution in [-0.4, -0.2) is 22.1 Å². The Hall–Kier alpha value is -1.92. The molecule has 7 heteroatoms. The Morgan fingerprint density at radius 3 is 2.31 bits per heavy atom. The van der Waals surface area contributed by atoms with Crippen LogP contribution in [0.2, 0.25) is 0 Å². The highest BCUT2D eigenvalue weighted by molar-refractivity contribution is 5.85. The normalized spacial score (nSPS) is 11.7. The minimum absolute atomic E-state index is 0. The molecule has 1 atom stereocenters. The molecule has 6 nitrogen and oxygen atoms in total. The zero-order valence-electron chi connectivity index (χ0n) is 17.7. The minimum atomic E-state index is -0.559. The van der Waals surface area contributed by atoms with Crippen LogP contribution in [0.1, 0.15) is 76.7 Å². The van der Waals surface area contributed by atoms with Crippen LogP contribution in [0, 0.1) is 0 Å². The Bertz CT molecular complexity index is 701. The zero-order valence-corrected chi connectivity index (χ0v) is 18.5. The van der Waals surface area contributed by atoms with Gasteiger partial charge < -0.3 is 15.6 Å². The number of aromatic nitrogens is 2. The number of unbranched alkanes of at least 4 members (excludes halogenated alkanes) is 7. The molecular weight excluding hydrogens is 388 g/mol. The van der Waals surface area contributed by atoms with E-state index in [4.69, 9.17) is 10.3 Å². The van der Waals surface area contributed by atoms with Crippen molar-refractivity contribution in [3.63, 3.8) is 0 Å². The van der Waals surface area contributed by atoms with Crippen molar-refractivity contribution in [1.29, 1.82) is 0 Å². The molecule has 1 aromatic heterocycles. The number of nitrogens with one attached hydrogen (secondary N) is 1. The number of nitrogens with two attached hydrogens (primary N) is 1. The van der Waals surface area contributed by atoms with Gasteiger partial charge in [0.1, 0.15) is 0 Å². The summed E-state index contributed by atoms with van der Waals surface area (Å²) >= 11 is 0. The largest absolute Gasteiger partial charge is 0.346 e. The maximum atomic E-state index is 11.5. The molecule has 1 amide bonds. The summed E-state index contributed by atoms with van der Waals surface area (Å²) in [4.78, 5) is 15.8. The van der Waals surface area contributed by atoms with Gasteiger partial charge in [0, 0.05) is 5.56 Å².